The van der Waals surface area contributed by atoms with Gasteiger partial charge in [0.15, 0.2) is 6.10 Å². The highest BCUT2D eigenvalue weighted by Gasteiger charge is 2.21. The number of amides is 1. The lowest BCUT2D eigenvalue weighted by Gasteiger charge is -2.15. The van der Waals surface area contributed by atoms with Crippen molar-refractivity contribution < 1.29 is 19.1 Å². The smallest absolute Gasteiger partial charge is 0.339 e. The van der Waals surface area contributed by atoms with Gasteiger partial charge in [-0.1, -0.05) is 40.9 Å². The third-order valence-electron chi connectivity index (χ3n) is 3.21. The van der Waals surface area contributed by atoms with E-state index in [2.05, 4.69) is 5.32 Å². The van der Waals surface area contributed by atoms with Crippen LogP contribution in [0, 0.1) is 0 Å². The van der Waals surface area contributed by atoms with Gasteiger partial charge in [0.1, 0.15) is 5.75 Å². The maximum Gasteiger partial charge on any atom is 0.339 e. The number of hydrogen-bond acceptors (Lipinski definition) is 4. The number of hydrogen-bond donors (Lipinski definition) is 1. The minimum Gasteiger partial charge on any atom is -0.497 e. The SMILES string of the molecule is COc1cccc(C(=O)O[C@@H](C)C(=O)Nc2c(Cl)cc(Cl)cc2Cl)c1. The van der Waals surface area contributed by atoms with E-state index in [1.807, 2.05) is 0 Å². The first kappa shape index (κ1) is 19.4. The van der Waals surface area contributed by atoms with Gasteiger partial charge in [-0.15, -0.1) is 0 Å². The molecule has 0 fully saturated rings. The van der Waals surface area contributed by atoms with Gasteiger partial charge in [-0.3, -0.25) is 4.79 Å². The standard InChI is InChI=1S/C17H14Cl3NO4/c1-9(25-17(23)10-4-3-5-12(6-10)24-2)16(22)21-15-13(19)7-11(18)8-14(15)20/h3-9H,1-2H3,(H,21,22)/t9-/m0/s1. The van der Waals surface area contributed by atoms with Crippen LogP contribution in [-0.2, 0) is 9.53 Å². The molecule has 0 aliphatic rings. The zero-order chi connectivity index (χ0) is 18.6. The highest BCUT2D eigenvalue weighted by Crippen LogP contribution is 2.33. The predicted molar refractivity (Wildman–Crippen MR) is 98.0 cm³/mol. The van der Waals surface area contributed by atoms with Gasteiger partial charge in [0.05, 0.1) is 28.4 Å². The lowest BCUT2D eigenvalue weighted by molar-refractivity contribution is -0.123. The Morgan fingerprint density at radius 2 is 1.72 bits per heavy atom. The van der Waals surface area contributed by atoms with Crippen LogP contribution in [0.1, 0.15) is 17.3 Å². The molecular weight excluding hydrogens is 389 g/mol. The summed E-state index contributed by atoms with van der Waals surface area (Å²) < 4.78 is 10.2. The van der Waals surface area contributed by atoms with Crippen molar-refractivity contribution in [2.45, 2.75) is 13.0 Å². The summed E-state index contributed by atoms with van der Waals surface area (Å²) in [5, 5.41) is 3.22. The van der Waals surface area contributed by atoms with Gasteiger partial charge in [-0.05, 0) is 37.3 Å². The molecule has 2 rings (SSSR count). The van der Waals surface area contributed by atoms with Crippen LogP contribution in [0.4, 0.5) is 5.69 Å². The number of esters is 1. The predicted octanol–water partition coefficient (Wildman–Crippen LogP) is 4.84. The molecule has 5 nitrogen and oxygen atoms in total. The molecule has 0 saturated heterocycles. The molecule has 0 aliphatic heterocycles. The van der Waals surface area contributed by atoms with Crippen LogP contribution in [0.25, 0.3) is 0 Å². The zero-order valence-corrected chi connectivity index (χ0v) is 15.6. The number of anilines is 1. The van der Waals surface area contributed by atoms with Crippen molar-refractivity contribution in [3.05, 3.63) is 57.0 Å². The Kier molecular flexibility index (Phi) is 6.53. The number of nitrogens with one attached hydrogen (secondary N) is 1. The van der Waals surface area contributed by atoms with Crippen molar-refractivity contribution in [2.24, 2.45) is 0 Å². The molecule has 1 amide bonds. The lowest BCUT2D eigenvalue weighted by atomic mass is 10.2. The highest BCUT2D eigenvalue weighted by molar-refractivity contribution is 6.42. The summed E-state index contributed by atoms with van der Waals surface area (Å²) in [5.74, 6) is -0.733. The number of ether oxygens (including phenoxy) is 2. The maximum absolute atomic E-state index is 12.2. The second kappa shape index (κ2) is 8.43. The molecule has 0 aromatic heterocycles. The Labute approximate surface area is 159 Å². The van der Waals surface area contributed by atoms with Crippen molar-refractivity contribution in [1.29, 1.82) is 0 Å². The third-order valence-corrected chi connectivity index (χ3v) is 4.03. The Balaban J connectivity index is 2.06. The quantitative estimate of drug-likeness (QED) is 0.727. The minimum absolute atomic E-state index is 0.178. The van der Waals surface area contributed by atoms with E-state index in [0.29, 0.717) is 10.8 Å². The molecule has 2 aromatic rings. The van der Waals surface area contributed by atoms with E-state index in [1.54, 1.807) is 18.2 Å². The molecule has 2 aromatic carbocycles. The molecule has 25 heavy (non-hydrogen) atoms. The number of rotatable bonds is 5. The van der Waals surface area contributed by atoms with Crippen LogP contribution in [0.3, 0.4) is 0 Å². The summed E-state index contributed by atoms with van der Waals surface area (Å²) in [7, 11) is 1.49. The summed E-state index contributed by atoms with van der Waals surface area (Å²) in [6, 6.07) is 9.29. The van der Waals surface area contributed by atoms with Gasteiger partial charge in [0.25, 0.3) is 5.91 Å². The maximum atomic E-state index is 12.2. The van der Waals surface area contributed by atoms with Crippen molar-refractivity contribution in [3.8, 4) is 5.75 Å². The Morgan fingerprint density at radius 3 is 2.32 bits per heavy atom. The number of halogens is 3. The summed E-state index contributed by atoms with van der Waals surface area (Å²) in [6.45, 7) is 1.44. The molecule has 132 valence electrons. The molecular formula is C17H14Cl3NO4. The summed E-state index contributed by atoms with van der Waals surface area (Å²) in [4.78, 5) is 24.4. The van der Waals surface area contributed by atoms with Crippen molar-refractivity contribution in [2.75, 3.05) is 12.4 Å². The first-order valence-electron chi connectivity index (χ1n) is 7.12. The normalized spacial score (nSPS) is 11.6. The van der Waals surface area contributed by atoms with E-state index >= 15 is 0 Å². The topological polar surface area (TPSA) is 64.6 Å². The average Bonchev–Trinajstić information content (AvgIpc) is 2.57. The molecule has 0 aliphatic carbocycles. The summed E-state index contributed by atoms with van der Waals surface area (Å²) in [6.07, 6.45) is -1.07. The lowest BCUT2D eigenvalue weighted by Crippen LogP contribution is -2.30. The number of carbonyl (C=O) groups excluding carboxylic acids is 2. The van der Waals surface area contributed by atoms with E-state index < -0.39 is 18.0 Å². The highest BCUT2D eigenvalue weighted by atomic mass is 35.5. The van der Waals surface area contributed by atoms with Crippen molar-refractivity contribution in [1.82, 2.24) is 0 Å². The van der Waals surface area contributed by atoms with Crippen LogP contribution in [0.15, 0.2) is 36.4 Å². The Hall–Kier alpha value is -1.95. The largest absolute Gasteiger partial charge is 0.497 e. The number of carbonyl (C=O) groups is 2. The summed E-state index contributed by atoms with van der Waals surface area (Å²) in [5.41, 5.74) is 0.462. The molecule has 0 unspecified atom stereocenters. The molecule has 0 bridgehead atoms. The van der Waals surface area contributed by atoms with E-state index in [1.165, 1.54) is 32.2 Å². The van der Waals surface area contributed by atoms with Gasteiger partial charge in [0, 0.05) is 5.02 Å². The fourth-order valence-electron chi connectivity index (χ4n) is 1.92. The van der Waals surface area contributed by atoms with Crippen LogP contribution in [-0.4, -0.2) is 25.1 Å². The van der Waals surface area contributed by atoms with Gasteiger partial charge < -0.3 is 14.8 Å². The van der Waals surface area contributed by atoms with Gasteiger partial charge in [0.2, 0.25) is 0 Å². The average molecular weight is 403 g/mol. The first-order chi connectivity index (χ1) is 11.8. The molecule has 1 atom stereocenters. The van der Waals surface area contributed by atoms with E-state index in [0.717, 1.165) is 0 Å². The van der Waals surface area contributed by atoms with Crippen LogP contribution in [0.5, 0.6) is 5.75 Å². The first-order valence-corrected chi connectivity index (χ1v) is 8.25. The van der Waals surface area contributed by atoms with Crippen LogP contribution >= 0.6 is 34.8 Å². The van der Waals surface area contributed by atoms with Crippen molar-refractivity contribution in [3.63, 3.8) is 0 Å². The second-order valence-corrected chi connectivity index (χ2v) is 6.26. The number of methoxy groups -OCH3 is 1. The van der Waals surface area contributed by atoms with Crippen LogP contribution in [0.2, 0.25) is 15.1 Å². The van der Waals surface area contributed by atoms with Gasteiger partial charge in [-0.2, -0.15) is 0 Å². The molecule has 0 radical (unpaired) electrons. The number of benzene rings is 2. The fourth-order valence-corrected chi connectivity index (χ4v) is 2.83. The van der Waals surface area contributed by atoms with Gasteiger partial charge >= 0.3 is 5.97 Å². The molecule has 0 spiro atoms. The van der Waals surface area contributed by atoms with E-state index in [9.17, 15) is 9.59 Å². The zero-order valence-electron chi connectivity index (χ0n) is 13.3. The molecule has 8 heteroatoms. The third kappa shape index (κ3) is 5.01. The Bertz CT molecular complexity index is 787. The van der Waals surface area contributed by atoms with E-state index in [4.69, 9.17) is 44.3 Å². The van der Waals surface area contributed by atoms with Gasteiger partial charge in [-0.25, -0.2) is 4.79 Å². The molecule has 0 heterocycles. The molecule has 1 N–H and O–H groups in total. The minimum atomic E-state index is -1.07. The molecule has 0 saturated carbocycles. The summed E-state index contributed by atoms with van der Waals surface area (Å²) >= 11 is 17.8. The fraction of sp³-hybridized carbons (Fsp3) is 0.176. The van der Waals surface area contributed by atoms with E-state index in [-0.39, 0.29) is 21.3 Å². The van der Waals surface area contributed by atoms with Crippen LogP contribution < -0.4 is 10.1 Å². The second-order valence-electron chi connectivity index (χ2n) is 5.01. The van der Waals surface area contributed by atoms with Crippen molar-refractivity contribution >= 4 is 52.4 Å². The Morgan fingerprint density at radius 1 is 1.08 bits per heavy atom. The monoisotopic (exact) mass is 401 g/mol.